The van der Waals surface area contributed by atoms with Crippen LogP contribution in [0.5, 0.6) is 0 Å². The number of hydrogen-bond acceptors (Lipinski definition) is 3. The van der Waals surface area contributed by atoms with Gasteiger partial charge in [-0.15, -0.1) is 0 Å². The van der Waals surface area contributed by atoms with Gasteiger partial charge in [-0.1, -0.05) is 18.2 Å². The fourth-order valence-electron chi connectivity index (χ4n) is 4.70. The van der Waals surface area contributed by atoms with Crippen molar-refractivity contribution in [3.63, 3.8) is 0 Å². The number of fused-ring (bicyclic) bond motifs is 1. The highest BCUT2D eigenvalue weighted by Gasteiger charge is 2.21. The highest BCUT2D eigenvalue weighted by atomic mass is 19.1. The molecule has 0 bridgehead atoms. The van der Waals surface area contributed by atoms with E-state index in [1.165, 1.54) is 35.9 Å². The van der Waals surface area contributed by atoms with Gasteiger partial charge in [0.1, 0.15) is 5.82 Å². The van der Waals surface area contributed by atoms with E-state index in [1.54, 1.807) is 0 Å². The number of imidazole rings is 1. The SMILES string of the molecule is Cc1cc(CN(C)C)c2nc(N3CCCCC3)n(Cc3cc(C)c(F)c(C)c3)c2c1. The van der Waals surface area contributed by atoms with Crippen LogP contribution in [-0.2, 0) is 13.1 Å². The lowest BCUT2D eigenvalue weighted by Gasteiger charge is -2.28. The first-order valence-corrected chi connectivity index (χ1v) is 11.0. The van der Waals surface area contributed by atoms with E-state index in [0.29, 0.717) is 17.7 Å². The van der Waals surface area contributed by atoms with Crippen molar-refractivity contribution in [2.45, 2.75) is 53.1 Å². The Morgan fingerprint density at radius 2 is 1.63 bits per heavy atom. The van der Waals surface area contributed by atoms with Crippen LogP contribution < -0.4 is 4.90 Å². The van der Waals surface area contributed by atoms with Gasteiger partial charge in [0, 0.05) is 19.6 Å². The van der Waals surface area contributed by atoms with Gasteiger partial charge in [0.05, 0.1) is 17.6 Å². The van der Waals surface area contributed by atoms with Crippen LogP contribution in [0.2, 0.25) is 0 Å². The molecule has 4 rings (SSSR count). The van der Waals surface area contributed by atoms with Crippen molar-refractivity contribution in [2.75, 3.05) is 32.1 Å². The van der Waals surface area contributed by atoms with Crippen molar-refractivity contribution >= 4 is 17.0 Å². The number of anilines is 1. The van der Waals surface area contributed by atoms with Gasteiger partial charge >= 0.3 is 0 Å². The Bertz CT molecular complexity index is 1040. The summed E-state index contributed by atoms with van der Waals surface area (Å²) in [6, 6.07) is 8.46. The molecule has 1 aliphatic rings. The fraction of sp³-hybridized carbons (Fsp3) is 0.480. The van der Waals surface area contributed by atoms with E-state index < -0.39 is 0 Å². The van der Waals surface area contributed by atoms with Gasteiger partial charge in [-0.2, -0.15) is 0 Å². The molecule has 0 amide bonds. The van der Waals surface area contributed by atoms with Crippen molar-refractivity contribution in [3.05, 3.63) is 57.9 Å². The van der Waals surface area contributed by atoms with Crippen LogP contribution in [0, 0.1) is 26.6 Å². The van der Waals surface area contributed by atoms with E-state index in [4.69, 9.17) is 4.98 Å². The first-order chi connectivity index (χ1) is 14.3. The number of aromatic nitrogens is 2. The second kappa shape index (κ2) is 8.38. The Morgan fingerprint density at radius 1 is 0.967 bits per heavy atom. The van der Waals surface area contributed by atoms with Gasteiger partial charge in [0.25, 0.3) is 0 Å². The van der Waals surface area contributed by atoms with E-state index in [2.05, 4.69) is 47.5 Å². The van der Waals surface area contributed by atoms with Gasteiger partial charge in [0.2, 0.25) is 5.95 Å². The Kier molecular flexibility index (Phi) is 5.83. The summed E-state index contributed by atoms with van der Waals surface area (Å²) in [6.45, 7) is 9.52. The number of nitrogens with zero attached hydrogens (tertiary/aromatic N) is 4. The van der Waals surface area contributed by atoms with Gasteiger partial charge in [-0.05, 0) is 88.0 Å². The molecule has 2 aromatic carbocycles. The Balaban J connectivity index is 1.87. The van der Waals surface area contributed by atoms with Crippen LogP contribution in [-0.4, -0.2) is 41.6 Å². The third kappa shape index (κ3) is 4.08. The van der Waals surface area contributed by atoms with E-state index in [0.717, 1.165) is 36.7 Å². The Labute approximate surface area is 179 Å². The molecular formula is C25H33FN4. The van der Waals surface area contributed by atoms with Crippen LogP contribution in [0.4, 0.5) is 10.3 Å². The lowest BCUT2D eigenvalue weighted by molar-refractivity contribution is 0.404. The summed E-state index contributed by atoms with van der Waals surface area (Å²) in [4.78, 5) is 9.80. The quantitative estimate of drug-likeness (QED) is 0.580. The average Bonchev–Trinajstić information content (AvgIpc) is 3.05. The molecule has 4 nitrogen and oxygen atoms in total. The molecule has 0 radical (unpaired) electrons. The van der Waals surface area contributed by atoms with E-state index in [9.17, 15) is 4.39 Å². The summed E-state index contributed by atoms with van der Waals surface area (Å²) in [5.74, 6) is 0.949. The standard InChI is InChI=1S/C25H33FN4/c1-17-11-21(16-28(4)5)24-22(12-17)30(25(27-24)29-9-7-6-8-10-29)15-20-13-18(2)23(26)19(3)14-20/h11-14H,6-10,15-16H2,1-5H3. The molecule has 0 atom stereocenters. The highest BCUT2D eigenvalue weighted by Crippen LogP contribution is 2.30. The maximum absolute atomic E-state index is 14.2. The first-order valence-electron chi connectivity index (χ1n) is 11.0. The normalized spacial score (nSPS) is 14.8. The van der Waals surface area contributed by atoms with Crippen LogP contribution in [0.15, 0.2) is 24.3 Å². The smallest absolute Gasteiger partial charge is 0.206 e. The zero-order valence-electron chi connectivity index (χ0n) is 18.9. The number of piperidine rings is 1. The number of hydrogen-bond donors (Lipinski definition) is 0. The van der Waals surface area contributed by atoms with E-state index in [-0.39, 0.29) is 5.82 Å². The number of aryl methyl sites for hydroxylation is 3. The summed E-state index contributed by atoms with van der Waals surface area (Å²) in [7, 11) is 4.20. The molecule has 1 fully saturated rings. The molecule has 0 spiro atoms. The predicted molar refractivity (Wildman–Crippen MR) is 123 cm³/mol. The molecule has 0 saturated carbocycles. The molecule has 3 aromatic rings. The zero-order chi connectivity index (χ0) is 21.4. The number of halogens is 1. The number of benzene rings is 2. The van der Waals surface area contributed by atoms with Crippen LogP contribution >= 0.6 is 0 Å². The molecule has 0 unspecified atom stereocenters. The first kappa shape index (κ1) is 20.9. The molecule has 160 valence electrons. The fourth-order valence-corrected chi connectivity index (χ4v) is 4.70. The predicted octanol–water partition coefficient (Wildman–Crippen LogP) is 5.20. The molecule has 2 heterocycles. The van der Waals surface area contributed by atoms with Crippen molar-refractivity contribution in [1.29, 1.82) is 0 Å². The van der Waals surface area contributed by atoms with Crippen LogP contribution in [0.25, 0.3) is 11.0 Å². The van der Waals surface area contributed by atoms with Gasteiger partial charge in [0.15, 0.2) is 0 Å². The van der Waals surface area contributed by atoms with Crippen molar-refractivity contribution in [2.24, 2.45) is 0 Å². The summed E-state index contributed by atoms with van der Waals surface area (Å²) in [5, 5.41) is 0. The van der Waals surface area contributed by atoms with E-state index >= 15 is 0 Å². The maximum Gasteiger partial charge on any atom is 0.206 e. The highest BCUT2D eigenvalue weighted by molar-refractivity contribution is 5.83. The third-order valence-corrected chi connectivity index (χ3v) is 6.02. The van der Waals surface area contributed by atoms with Crippen molar-refractivity contribution in [1.82, 2.24) is 14.5 Å². The Morgan fingerprint density at radius 3 is 2.27 bits per heavy atom. The molecular weight excluding hydrogens is 375 g/mol. The molecule has 1 aromatic heterocycles. The van der Waals surface area contributed by atoms with Gasteiger partial charge < -0.3 is 14.4 Å². The van der Waals surface area contributed by atoms with Crippen LogP contribution in [0.1, 0.15) is 47.1 Å². The molecule has 0 aliphatic carbocycles. The molecule has 5 heteroatoms. The second-order valence-corrected chi connectivity index (χ2v) is 9.12. The second-order valence-electron chi connectivity index (χ2n) is 9.12. The summed E-state index contributed by atoms with van der Waals surface area (Å²) >= 11 is 0. The summed E-state index contributed by atoms with van der Waals surface area (Å²) in [5.41, 5.74) is 7.31. The molecule has 1 saturated heterocycles. The van der Waals surface area contributed by atoms with Gasteiger partial charge in [-0.25, -0.2) is 9.37 Å². The molecule has 0 N–H and O–H groups in total. The maximum atomic E-state index is 14.2. The lowest BCUT2D eigenvalue weighted by atomic mass is 10.1. The Hall–Kier alpha value is -2.40. The van der Waals surface area contributed by atoms with Gasteiger partial charge in [-0.3, -0.25) is 0 Å². The summed E-state index contributed by atoms with van der Waals surface area (Å²) in [6.07, 6.45) is 3.71. The van der Waals surface area contributed by atoms with Crippen molar-refractivity contribution in [3.8, 4) is 0 Å². The van der Waals surface area contributed by atoms with E-state index in [1.807, 2.05) is 26.0 Å². The van der Waals surface area contributed by atoms with Crippen LogP contribution in [0.3, 0.4) is 0 Å². The third-order valence-electron chi connectivity index (χ3n) is 6.02. The average molecular weight is 409 g/mol. The minimum absolute atomic E-state index is 0.102. The lowest BCUT2D eigenvalue weighted by Crippen LogP contribution is -2.32. The minimum Gasteiger partial charge on any atom is -0.342 e. The number of rotatable bonds is 5. The molecule has 1 aliphatic heterocycles. The monoisotopic (exact) mass is 408 g/mol. The molecule has 30 heavy (non-hydrogen) atoms. The minimum atomic E-state index is -0.102. The largest absolute Gasteiger partial charge is 0.342 e. The topological polar surface area (TPSA) is 24.3 Å². The zero-order valence-corrected chi connectivity index (χ0v) is 18.9. The summed E-state index contributed by atoms with van der Waals surface area (Å²) < 4.78 is 16.6. The van der Waals surface area contributed by atoms with Crippen molar-refractivity contribution < 1.29 is 4.39 Å².